The predicted octanol–water partition coefficient (Wildman–Crippen LogP) is 4.43. The Morgan fingerprint density at radius 2 is 1.88 bits per heavy atom. The molecule has 1 saturated carbocycles. The molecule has 1 aromatic rings. The van der Waals surface area contributed by atoms with Gasteiger partial charge in [-0.3, -0.25) is 4.79 Å². The molecule has 17 heavy (non-hydrogen) atoms. The summed E-state index contributed by atoms with van der Waals surface area (Å²) < 4.78 is 0. The quantitative estimate of drug-likeness (QED) is 0.805. The highest BCUT2D eigenvalue weighted by Crippen LogP contribution is 2.25. The number of anilines is 1. The molecule has 0 saturated heterocycles. The number of allylic oxidation sites excluding steroid dienone is 1. The largest absolute Gasteiger partial charge is 0.361 e. The molecule has 1 aliphatic carbocycles. The van der Waals surface area contributed by atoms with Gasteiger partial charge >= 0.3 is 0 Å². The van der Waals surface area contributed by atoms with Crippen LogP contribution < -0.4 is 5.32 Å². The first-order chi connectivity index (χ1) is 8.16. The summed E-state index contributed by atoms with van der Waals surface area (Å²) in [7, 11) is 0. The molecule has 4 heteroatoms. The van der Waals surface area contributed by atoms with Gasteiger partial charge in [-0.05, 0) is 37.5 Å². The van der Waals surface area contributed by atoms with Gasteiger partial charge in [0.2, 0.25) is 0 Å². The molecule has 1 fully saturated rings. The monoisotopic (exact) mass is 269 g/mol. The van der Waals surface area contributed by atoms with Crippen LogP contribution in [0.4, 0.5) is 5.69 Å². The third-order valence-corrected chi connectivity index (χ3v) is 3.53. The molecule has 0 amide bonds. The second kappa shape index (κ2) is 5.56. The molecule has 1 N–H and O–H groups in total. The van der Waals surface area contributed by atoms with Crippen molar-refractivity contribution in [3.63, 3.8) is 0 Å². The Balaban J connectivity index is 2.08. The molecular weight excluding hydrogens is 257 g/mol. The van der Waals surface area contributed by atoms with Crippen molar-refractivity contribution in [2.24, 2.45) is 0 Å². The molecule has 0 heterocycles. The first-order valence-electron chi connectivity index (χ1n) is 5.60. The molecule has 0 aliphatic heterocycles. The Morgan fingerprint density at radius 1 is 1.12 bits per heavy atom. The van der Waals surface area contributed by atoms with Gasteiger partial charge in [-0.2, -0.15) is 0 Å². The van der Waals surface area contributed by atoms with E-state index in [4.69, 9.17) is 23.2 Å². The van der Waals surface area contributed by atoms with Gasteiger partial charge in [0, 0.05) is 23.9 Å². The zero-order chi connectivity index (χ0) is 12.3. The summed E-state index contributed by atoms with van der Waals surface area (Å²) in [6.45, 7) is 0. The van der Waals surface area contributed by atoms with E-state index in [1.165, 1.54) is 0 Å². The Kier molecular flexibility index (Phi) is 4.08. The van der Waals surface area contributed by atoms with E-state index in [2.05, 4.69) is 5.32 Å². The minimum Gasteiger partial charge on any atom is -0.361 e. The van der Waals surface area contributed by atoms with Crippen LogP contribution in [0.2, 0.25) is 10.0 Å². The molecule has 0 bridgehead atoms. The smallest absolute Gasteiger partial charge is 0.160 e. The highest BCUT2D eigenvalue weighted by molar-refractivity contribution is 6.42. The van der Waals surface area contributed by atoms with Crippen molar-refractivity contribution < 1.29 is 4.79 Å². The normalized spacial score (nSPS) is 18.5. The molecule has 0 atom stereocenters. The second-order valence-electron chi connectivity index (χ2n) is 4.07. The number of hydrogen-bond acceptors (Lipinski definition) is 2. The Morgan fingerprint density at radius 3 is 2.59 bits per heavy atom. The van der Waals surface area contributed by atoms with E-state index in [0.29, 0.717) is 16.5 Å². The number of rotatable bonds is 2. The summed E-state index contributed by atoms with van der Waals surface area (Å²) in [6, 6.07) is 5.31. The van der Waals surface area contributed by atoms with Crippen LogP contribution in [0.1, 0.15) is 25.7 Å². The molecule has 0 aromatic heterocycles. The Bertz CT molecular complexity index is 468. The molecule has 0 unspecified atom stereocenters. The lowest BCUT2D eigenvalue weighted by Crippen LogP contribution is -2.09. The SMILES string of the molecule is O=C1CCCC/C1=C\Nc1ccc(Cl)c(Cl)c1. The molecule has 0 radical (unpaired) electrons. The molecule has 1 aromatic carbocycles. The zero-order valence-electron chi connectivity index (χ0n) is 9.30. The third kappa shape index (κ3) is 3.24. The minimum absolute atomic E-state index is 0.240. The summed E-state index contributed by atoms with van der Waals surface area (Å²) >= 11 is 11.7. The van der Waals surface area contributed by atoms with E-state index in [0.717, 1.165) is 30.5 Å². The van der Waals surface area contributed by atoms with Gasteiger partial charge in [-0.25, -0.2) is 0 Å². The van der Waals surface area contributed by atoms with Crippen LogP contribution in [0, 0.1) is 0 Å². The van der Waals surface area contributed by atoms with Crippen molar-refractivity contribution in [2.45, 2.75) is 25.7 Å². The third-order valence-electron chi connectivity index (χ3n) is 2.79. The summed E-state index contributed by atoms with van der Waals surface area (Å²) in [5, 5.41) is 4.12. The van der Waals surface area contributed by atoms with Crippen molar-refractivity contribution in [3.05, 3.63) is 40.0 Å². The number of benzene rings is 1. The average molecular weight is 270 g/mol. The van der Waals surface area contributed by atoms with Gasteiger partial charge in [-0.15, -0.1) is 0 Å². The Labute approximate surface area is 111 Å². The van der Waals surface area contributed by atoms with E-state index >= 15 is 0 Å². The Hall–Kier alpha value is -0.990. The fourth-order valence-corrected chi connectivity index (χ4v) is 2.11. The van der Waals surface area contributed by atoms with Gasteiger partial charge < -0.3 is 5.32 Å². The highest BCUT2D eigenvalue weighted by Gasteiger charge is 2.14. The number of halogens is 2. The predicted molar refractivity (Wildman–Crippen MR) is 71.6 cm³/mol. The summed E-state index contributed by atoms with van der Waals surface area (Å²) in [4.78, 5) is 11.6. The number of Topliss-reactive ketones (excluding diaryl/α,β-unsaturated/α-hetero) is 1. The number of hydrogen-bond donors (Lipinski definition) is 1. The lowest BCUT2D eigenvalue weighted by Gasteiger charge is -2.13. The van der Waals surface area contributed by atoms with Crippen LogP contribution in [0.5, 0.6) is 0 Å². The first-order valence-corrected chi connectivity index (χ1v) is 6.36. The van der Waals surface area contributed by atoms with Gasteiger partial charge in [0.05, 0.1) is 10.0 Å². The van der Waals surface area contributed by atoms with Crippen LogP contribution in [0.25, 0.3) is 0 Å². The van der Waals surface area contributed by atoms with Crippen LogP contribution in [-0.2, 0) is 4.79 Å². The van der Waals surface area contributed by atoms with E-state index < -0.39 is 0 Å². The number of ketones is 1. The number of carbonyl (C=O) groups excluding carboxylic acids is 1. The molecule has 0 spiro atoms. The highest BCUT2D eigenvalue weighted by atomic mass is 35.5. The van der Waals surface area contributed by atoms with Crippen LogP contribution in [0.3, 0.4) is 0 Å². The summed E-state index contributed by atoms with van der Waals surface area (Å²) in [6.07, 6.45) is 5.38. The van der Waals surface area contributed by atoms with Crippen molar-refractivity contribution in [3.8, 4) is 0 Å². The lowest BCUT2D eigenvalue weighted by atomic mass is 9.94. The maximum Gasteiger partial charge on any atom is 0.160 e. The van der Waals surface area contributed by atoms with Crippen molar-refractivity contribution in [1.29, 1.82) is 0 Å². The van der Waals surface area contributed by atoms with Crippen molar-refractivity contribution in [1.82, 2.24) is 0 Å². The fourth-order valence-electron chi connectivity index (χ4n) is 1.81. The van der Waals surface area contributed by atoms with Gasteiger partial charge in [0.15, 0.2) is 5.78 Å². The van der Waals surface area contributed by atoms with Crippen molar-refractivity contribution in [2.75, 3.05) is 5.32 Å². The molecule has 1 aliphatic rings. The number of carbonyl (C=O) groups is 1. The second-order valence-corrected chi connectivity index (χ2v) is 4.89. The van der Waals surface area contributed by atoms with Crippen LogP contribution in [-0.4, -0.2) is 5.78 Å². The molecular formula is C13H13Cl2NO. The minimum atomic E-state index is 0.240. The van der Waals surface area contributed by atoms with Crippen LogP contribution >= 0.6 is 23.2 Å². The number of nitrogens with one attached hydrogen (secondary N) is 1. The topological polar surface area (TPSA) is 29.1 Å². The zero-order valence-corrected chi connectivity index (χ0v) is 10.8. The maximum atomic E-state index is 11.6. The molecule has 90 valence electrons. The molecule has 2 nitrogen and oxygen atoms in total. The maximum absolute atomic E-state index is 11.6. The van der Waals surface area contributed by atoms with E-state index in [1.807, 2.05) is 6.07 Å². The summed E-state index contributed by atoms with van der Waals surface area (Å²) in [5.41, 5.74) is 1.70. The average Bonchev–Trinajstić information content (AvgIpc) is 2.32. The molecule has 2 rings (SSSR count). The standard InChI is InChI=1S/C13H13Cl2NO/c14-11-6-5-10(7-12(11)15)16-8-9-3-1-2-4-13(9)17/h5-8,16H,1-4H2/b9-8+. The van der Waals surface area contributed by atoms with Crippen molar-refractivity contribution >= 4 is 34.7 Å². The lowest BCUT2D eigenvalue weighted by molar-refractivity contribution is -0.116. The van der Waals surface area contributed by atoms with E-state index in [9.17, 15) is 4.79 Å². The first kappa shape index (κ1) is 12.5. The van der Waals surface area contributed by atoms with Gasteiger partial charge in [0.1, 0.15) is 0 Å². The van der Waals surface area contributed by atoms with Gasteiger partial charge in [-0.1, -0.05) is 23.2 Å². The van der Waals surface area contributed by atoms with E-state index in [1.54, 1.807) is 18.3 Å². The fraction of sp³-hybridized carbons (Fsp3) is 0.308. The summed E-state index contributed by atoms with van der Waals surface area (Å²) in [5.74, 6) is 0.240. The van der Waals surface area contributed by atoms with Crippen LogP contribution in [0.15, 0.2) is 30.0 Å². The van der Waals surface area contributed by atoms with E-state index in [-0.39, 0.29) is 5.78 Å². The van der Waals surface area contributed by atoms with Gasteiger partial charge in [0.25, 0.3) is 0 Å².